The van der Waals surface area contributed by atoms with Gasteiger partial charge in [-0.1, -0.05) is 57.0 Å². The van der Waals surface area contributed by atoms with Gasteiger partial charge in [0.15, 0.2) is 5.82 Å². The molecule has 1 fully saturated rings. The van der Waals surface area contributed by atoms with Gasteiger partial charge in [-0.3, -0.25) is 4.79 Å². The fourth-order valence-electron chi connectivity index (χ4n) is 3.95. The highest BCUT2D eigenvalue weighted by atomic mass is 16.1. The van der Waals surface area contributed by atoms with Crippen molar-refractivity contribution in [3.05, 3.63) is 42.1 Å². The topological polar surface area (TPSA) is 61.4 Å². The largest absolute Gasteiger partial charge is 0.354 e. The maximum absolute atomic E-state index is 11.5. The van der Waals surface area contributed by atoms with Crippen LogP contribution in [0.1, 0.15) is 45.1 Å². The molecule has 0 radical (unpaired) electrons. The summed E-state index contributed by atoms with van der Waals surface area (Å²) < 4.78 is 0. The SMILES string of the molecule is CC(C)CN(c1nc(NCCc2ccccc2)ncc1N(C)C=O)C1CCCC1. The average Bonchev–Trinajstić information content (AvgIpc) is 3.26. The molecule has 1 N–H and O–H groups in total. The maximum atomic E-state index is 11.5. The Morgan fingerprint density at radius 3 is 2.59 bits per heavy atom. The van der Waals surface area contributed by atoms with E-state index < -0.39 is 0 Å². The molecule has 1 aromatic heterocycles. The van der Waals surface area contributed by atoms with E-state index in [9.17, 15) is 4.79 Å². The van der Waals surface area contributed by atoms with Gasteiger partial charge in [0, 0.05) is 26.2 Å². The third-order valence-corrected chi connectivity index (χ3v) is 5.43. The van der Waals surface area contributed by atoms with Crippen LogP contribution in [-0.4, -0.2) is 42.6 Å². The zero-order valence-corrected chi connectivity index (χ0v) is 17.8. The van der Waals surface area contributed by atoms with Crippen molar-refractivity contribution in [3.8, 4) is 0 Å². The summed E-state index contributed by atoms with van der Waals surface area (Å²) in [6.07, 6.45) is 8.37. The second-order valence-corrected chi connectivity index (χ2v) is 8.27. The molecular weight excluding hydrogens is 362 g/mol. The second kappa shape index (κ2) is 10.2. The van der Waals surface area contributed by atoms with Gasteiger partial charge in [-0.25, -0.2) is 4.98 Å². The van der Waals surface area contributed by atoms with Crippen LogP contribution in [0.5, 0.6) is 0 Å². The van der Waals surface area contributed by atoms with Crippen LogP contribution in [0.25, 0.3) is 0 Å². The molecular formula is C23H33N5O. The van der Waals surface area contributed by atoms with E-state index in [4.69, 9.17) is 4.98 Å². The number of hydrogen-bond donors (Lipinski definition) is 1. The van der Waals surface area contributed by atoms with Gasteiger partial charge in [0.2, 0.25) is 12.4 Å². The summed E-state index contributed by atoms with van der Waals surface area (Å²) >= 11 is 0. The number of hydrogen-bond acceptors (Lipinski definition) is 5. The number of rotatable bonds is 10. The number of nitrogens with zero attached hydrogens (tertiary/aromatic N) is 4. The Balaban J connectivity index is 1.82. The lowest BCUT2D eigenvalue weighted by molar-refractivity contribution is -0.107. The number of anilines is 3. The van der Waals surface area contributed by atoms with Crippen molar-refractivity contribution in [2.24, 2.45) is 5.92 Å². The predicted octanol–water partition coefficient (Wildman–Crippen LogP) is 4.13. The molecule has 29 heavy (non-hydrogen) atoms. The monoisotopic (exact) mass is 395 g/mol. The van der Waals surface area contributed by atoms with Gasteiger partial charge in [-0.2, -0.15) is 4.98 Å². The second-order valence-electron chi connectivity index (χ2n) is 8.27. The molecule has 0 aliphatic heterocycles. The van der Waals surface area contributed by atoms with Crippen LogP contribution in [0, 0.1) is 5.92 Å². The molecule has 2 aromatic rings. The molecule has 0 bridgehead atoms. The molecule has 1 aromatic carbocycles. The number of amides is 1. The predicted molar refractivity (Wildman–Crippen MR) is 120 cm³/mol. The lowest BCUT2D eigenvalue weighted by Gasteiger charge is -2.34. The summed E-state index contributed by atoms with van der Waals surface area (Å²) in [7, 11) is 1.76. The Kier molecular flexibility index (Phi) is 7.44. The minimum atomic E-state index is 0.475. The van der Waals surface area contributed by atoms with Crippen LogP contribution < -0.4 is 15.1 Å². The highest BCUT2D eigenvalue weighted by molar-refractivity contribution is 5.81. The Hall–Kier alpha value is -2.63. The summed E-state index contributed by atoms with van der Waals surface area (Å²) in [5, 5.41) is 3.36. The summed E-state index contributed by atoms with van der Waals surface area (Å²) in [6.45, 7) is 6.14. The van der Waals surface area contributed by atoms with E-state index in [1.807, 2.05) is 6.07 Å². The third-order valence-electron chi connectivity index (χ3n) is 5.43. The van der Waals surface area contributed by atoms with Gasteiger partial charge in [0.05, 0.1) is 6.20 Å². The Morgan fingerprint density at radius 2 is 1.93 bits per heavy atom. The minimum Gasteiger partial charge on any atom is -0.354 e. The molecule has 1 aliphatic carbocycles. The summed E-state index contributed by atoms with van der Waals surface area (Å²) in [5.74, 6) is 1.98. The van der Waals surface area contributed by atoms with Crippen molar-refractivity contribution >= 4 is 23.9 Å². The average molecular weight is 396 g/mol. The molecule has 1 heterocycles. The lowest BCUT2D eigenvalue weighted by Crippen LogP contribution is -2.38. The number of carbonyl (C=O) groups is 1. The Bertz CT molecular complexity index is 774. The fraction of sp³-hybridized carbons (Fsp3) is 0.522. The van der Waals surface area contributed by atoms with Gasteiger partial charge in [-0.05, 0) is 30.7 Å². The zero-order chi connectivity index (χ0) is 20.6. The molecule has 1 saturated carbocycles. The van der Waals surface area contributed by atoms with E-state index in [0.29, 0.717) is 17.9 Å². The van der Waals surface area contributed by atoms with Crippen molar-refractivity contribution in [2.75, 3.05) is 35.3 Å². The van der Waals surface area contributed by atoms with Crippen LogP contribution in [0.15, 0.2) is 36.5 Å². The molecule has 1 amide bonds. The van der Waals surface area contributed by atoms with Crippen molar-refractivity contribution in [2.45, 2.75) is 52.0 Å². The van der Waals surface area contributed by atoms with Crippen molar-refractivity contribution in [1.29, 1.82) is 0 Å². The van der Waals surface area contributed by atoms with E-state index in [-0.39, 0.29) is 0 Å². The zero-order valence-electron chi connectivity index (χ0n) is 17.8. The van der Waals surface area contributed by atoms with Crippen LogP contribution in [0.2, 0.25) is 0 Å². The standard InChI is InChI=1S/C23H33N5O/c1-18(2)16-28(20-11-7-8-12-20)22-21(27(3)17-29)15-25-23(26-22)24-14-13-19-9-5-4-6-10-19/h4-6,9-10,15,17-18,20H,7-8,11-14,16H2,1-3H3,(H,24,25,26). The molecule has 0 atom stereocenters. The molecule has 156 valence electrons. The van der Waals surface area contributed by atoms with E-state index in [0.717, 1.165) is 37.4 Å². The van der Waals surface area contributed by atoms with Gasteiger partial charge >= 0.3 is 0 Å². The van der Waals surface area contributed by atoms with E-state index in [1.165, 1.54) is 31.2 Å². The van der Waals surface area contributed by atoms with Crippen LogP contribution in [0.3, 0.4) is 0 Å². The first-order chi connectivity index (χ1) is 14.1. The quantitative estimate of drug-likeness (QED) is 0.613. The first-order valence-electron chi connectivity index (χ1n) is 10.7. The van der Waals surface area contributed by atoms with Gasteiger partial charge in [-0.15, -0.1) is 0 Å². The van der Waals surface area contributed by atoms with Gasteiger partial charge in [0.1, 0.15) is 5.69 Å². The normalized spacial score (nSPS) is 14.2. The molecule has 6 heteroatoms. The van der Waals surface area contributed by atoms with E-state index in [1.54, 1.807) is 18.1 Å². The van der Waals surface area contributed by atoms with Crippen LogP contribution in [-0.2, 0) is 11.2 Å². The molecule has 3 rings (SSSR count). The first-order valence-corrected chi connectivity index (χ1v) is 10.7. The fourth-order valence-corrected chi connectivity index (χ4v) is 3.95. The Morgan fingerprint density at radius 1 is 1.21 bits per heavy atom. The van der Waals surface area contributed by atoms with Gasteiger partial charge < -0.3 is 15.1 Å². The molecule has 6 nitrogen and oxygen atoms in total. The number of nitrogens with one attached hydrogen (secondary N) is 1. The van der Waals surface area contributed by atoms with E-state index >= 15 is 0 Å². The van der Waals surface area contributed by atoms with Crippen molar-refractivity contribution in [3.63, 3.8) is 0 Å². The Labute approximate surface area is 174 Å². The van der Waals surface area contributed by atoms with Crippen LogP contribution >= 0.6 is 0 Å². The number of aromatic nitrogens is 2. The third kappa shape index (κ3) is 5.68. The number of carbonyl (C=O) groups excluding carboxylic acids is 1. The van der Waals surface area contributed by atoms with Gasteiger partial charge in [0.25, 0.3) is 0 Å². The smallest absolute Gasteiger partial charge is 0.224 e. The summed E-state index contributed by atoms with van der Waals surface area (Å²) in [6, 6.07) is 10.9. The minimum absolute atomic E-state index is 0.475. The highest BCUT2D eigenvalue weighted by Crippen LogP contribution is 2.33. The summed E-state index contributed by atoms with van der Waals surface area (Å²) in [4.78, 5) is 24.8. The molecule has 0 saturated heterocycles. The first kappa shape index (κ1) is 21.1. The highest BCUT2D eigenvalue weighted by Gasteiger charge is 2.27. The molecule has 0 spiro atoms. The molecule has 1 aliphatic rings. The van der Waals surface area contributed by atoms with Crippen LogP contribution in [0.4, 0.5) is 17.5 Å². The maximum Gasteiger partial charge on any atom is 0.224 e. The van der Waals surface area contributed by atoms with E-state index in [2.05, 4.69) is 53.3 Å². The lowest BCUT2D eigenvalue weighted by atomic mass is 10.1. The molecule has 0 unspecified atom stereocenters. The van der Waals surface area contributed by atoms with Crippen molar-refractivity contribution < 1.29 is 4.79 Å². The van der Waals surface area contributed by atoms with Crippen molar-refractivity contribution in [1.82, 2.24) is 9.97 Å². The number of benzene rings is 1. The summed E-state index contributed by atoms with van der Waals surface area (Å²) in [5.41, 5.74) is 2.05.